The van der Waals surface area contributed by atoms with Crippen LogP contribution in [0.25, 0.3) is 11.3 Å². The summed E-state index contributed by atoms with van der Waals surface area (Å²) in [4.78, 5) is 44.0. The van der Waals surface area contributed by atoms with Crippen LogP contribution < -0.4 is 5.32 Å². The SMILES string of the molecule is CCCC[C@@H](C(=O)C(=O)Nc1ccn[nH]1)N(C(=O)O)[C@H](Cn1ccc(-c2cccnc2)n1)C(C)(C)C. The summed E-state index contributed by atoms with van der Waals surface area (Å²) in [5, 5.41) is 23.7. The van der Waals surface area contributed by atoms with Crippen molar-refractivity contribution in [1.29, 1.82) is 0 Å². The van der Waals surface area contributed by atoms with Crippen molar-refractivity contribution in [2.24, 2.45) is 5.41 Å². The number of H-pyrrole nitrogens is 1. The van der Waals surface area contributed by atoms with Crippen LogP contribution >= 0.6 is 0 Å². The minimum atomic E-state index is -1.27. The Kier molecular flexibility index (Phi) is 8.57. The standard InChI is InChI=1S/C25H33N7O4/c1-5-6-9-19(22(33)23(34)28-21-10-13-27-29-21)32(24(35)36)20(25(2,3)4)16-31-14-11-18(30-31)17-8-7-12-26-15-17/h7-8,10-15,19-20H,5-6,9,16H2,1-4H3,(H,35,36)(H2,27,28,29,34)/t19-,20+/m0/s1. The number of nitrogens with one attached hydrogen (secondary N) is 2. The third-order valence-corrected chi connectivity index (χ3v) is 5.96. The molecule has 0 aliphatic rings. The maximum atomic E-state index is 13.3. The zero-order valence-corrected chi connectivity index (χ0v) is 21.0. The maximum absolute atomic E-state index is 13.3. The molecule has 0 saturated carbocycles. The first kappa shape index (κ1) is 26.6. The van der Waals surface area contributed by atoms with Gasteiger partial charge in [-0.3, -0.25) is 29.3 Å². The number of rotatable bonds is 11. The summed E-state index contributed by atoms with van der Waals surface area (Å²) >= 11 is 0. The molecule has 3 heterocycles. The lowest BCUT2D eigenvalue weighted by Gasteiger charge is -2.42. The molecule has 36 heavy (non-hydrogen) atoms. The van der Waals surface area contributed by atoms with Crippen molar-refractivity contribution >= 4 is 23.6 Å². The third kappa shape index (κ3) is 6.55. The Morgan fingerprint density at radius 3 is 2.56 bits per heavy atom. The molecule has 192 valence electrons. The predicted molar refractivity (Wildman–Crippen MR) is 134 cm³/mol. The molecule has 0 unspecified atom stereocenters. The Labute approximate surface area is 209 Å². The molecule has 2 amide bonds. The van der Waals surface area contributed by atoms with Crippen LogP contribution in [0.4, 0.5) is 10.6 Å². The normalized spacial score (nSPS) is 13.1. The molecule has 3 rings (SSSR count). The topological polar surface area (TPSA) is 146 Å². The summed E-state index contributed by atoms with van der Waals surface area (Å²) in [6, 6.07) is 5.25. The minimum absolute atomic E-state index is 0.203. The summed E-state index contributed by atoms with van der Waals surface area (Å²) in [5.41, 5.74) is 0.976. The Morgan fingerprint density at radius 2 is 1.97 bits per heavy atom. The van der Waals surface area contributed by atoms with Gasteiger partial charge in [-0.05, 0) is 30.0 Å². The van der Waals surface area contributed by atoms with Gasteiger partial charge in [-0.15, -0.1) is 0 Å². The largest absolute Gasteiger partial charge is 0.465 e. The number of pyridine rings is 1. The number of amides is 2. The molecule has 0 aliphatic carbocycles. The second-order valence-electron chi connectivity index (χ2n) is 9.68. The maximum Gasteiger partial charge on any atom is 0.408 e. The first-order valence-electron chi connectivity index (χ1n) is 11.9. The second-order valence-corrected chi connectivity index (χ2v) is 9.68. The molecule has 0 radical (unpaired) electrons. The van der Waals surface area contributed by atoms with Crippen molar-refractivity contribution in [1.82, 2.24) is 29.9 Å². The van der Waals surface area contributed by atoms with E-state index in [-0.39, 0.29) is 18.8 Å². The lowest BCUT2D eigenvalue weighted by atomic mass is 9.84. The van der Waals surface area contributed by atoms with Gasteiger partial charge in [0.05, 0.1) is 24.5 Å². The summed E-state index contributed by atoms with van der Waals surface area (Å²) in [6.07, 6.45) is 6.89. The average Bonchev–Trinajstić information content (AvgIpc) is 3.52. The van der Waals surface area contributed by atoms with Crippen molar-refractivity contribution in [3.63, 3.8) is 0 Å². The lowest BCUT2D eigenvalue weighted by molar-refractivity contribution is -0.139. The number of hydrogen-bond acceptors (Lipinski definition) is 6. The number of nitrogens with zero attached hydrogens (tertiary/aromatic N) is 5. The van der Waals surface area contributed by atoms with Crippen LogP contribution in [0.5, 0.6) is 0 Å². The van der Waals surface area contributed by atoms with Gasteiger partial charge in [-0.1, -0.05) is 40.5 Å². The van der Waals surface area contributed by atoms with Gasteiger partial charge in [0.1, 0.15) is 11.9 Å². The molecule has 11 nitrogen and oxygen atoms in total. The number of anilines is 1. The van der Waals surface area contributed by atoms with Crippen LogP contribution in [0, 0.1) is 5.41 Å². The Morgan fingerprint density at radius 1 is 1.19 bits per heavy atom. The van der Waals surface area contributed by atoms with E-state index in [1.165, 1.54) is 12.3 Å². The van der Waals surface area contributed by atoms with Crippen LogP contribution in [0.2, 0.25) is 0 Å². The molecule has 0 aromatic carbocycles. The molecule has 0 spiro atoms. The number of unbranched alkanes of at least 4 members (excludes halogenated alkanes) is 1. The fourth-order valence-electron chi connectivity index (χ4n) is 4.03. The van der Waals surface area contributed by atoms with Gasteiger partial charge in [-0.2, -0.15) is 10.2 Å². The van der Waals surface area contributed by atoms with Crippen LogP contribution in [0.15, 0.2) is 49.1 Å². The lowest BCUT2D eigenvalue weighted by Crippen LogP contribution is -2.57. The Hall–Kier alpha value is -4.02. The number of carbonyl (C=O) groups is 3. The van der Waals surface area contributed by atoms with Crippen molar-refractivity contribution in [3.8, 4) is 11.3 Å². The number of aromatic amines is 1. The average molecular weight is 496 g/mol. The van der Waals surface area contributed by atoms with Gasteiger partial charge in [0.15, 0.2) is 0 Å². The van der Waals surface area contributed by atoms with E-state index in [4.69, 9.17) is 0 Å². The summed E-state index contributed by atoms with van der Waals surface area (Å²) in [5.74, 6) is -1.44. The van der Waals surface area contributed by atoms with E-state index in [0.717, 1.165) is 16.9 Å². The highest BCUT2D eigenvalue weighted by atomic mass is 16.4. The minimum Gasteiger partial charge on any atom is -0.465 e. The van der Waals surface area contributed by atoms with Crippen molar-refractivity contribution in [2.75, 3.05) is 5.32 Å². The summed E-state index contributed by atoms with van der Waals surface area (Å²) in [6.45, 7) is 7.87. The van der Waals surface area contributed by atoms with Gasteiger partial charge in [-0.25, -0.2) is 4.79 Å². The molecule has 0 fully saturated rings. The van der Waals surface area contributed by atoms with Crippen molar-refractivity contribution < 1.29 is 19.5 Å². The van der Waals surface area contributed by atoms with Crippen LogP contribution in [-0.2, 0) is 16.1 Å². The predicted octanol–water partition coefficient (Wildman–Crippen LogP) is 3.83. The molecule has 0 saturated heterocycles. The fourth-order valence-corrected chi connectivity index (χ4v) is 4.03. The number of carboxylic acid groups (broad SMARTS) is 1. The molecule has 0 bridgehead atoms. The fraction of sp³-hybridized carbons (Fsp3) is 0.440. The van der Waals surface area contributed by atoms with E-state index in [1.807, 2.05) is 45.9 Å². The number of aromatic nitrogens is 5. The van der Waals surface area contributed by atoms with Gasteiger partial charge in [0.25, 0.3) is 5.91 Å². The molecule has 3 aromatic rings. The number of Topliss-reactive ketones (excluding diaryl/α,β-unsaturated/α-hetero) is 1. The summed E-state index contributed by atoms with van der Waals surface area (Å²) < 4.78 is 1.67. The zero-order chi connectivity index (χ0) is 26.3. The molecule has 11 heteroatoms. The monoisotopic (exact) mass is 495 g/mol. The van der Waals surface area contributed by atoms with Crippen molar-refractivity contribution in [3.05, 3.63) is 49.1 Å². The highest BCUT2D eigenvalue weighted by Crippen LogP contribution is 2.30. The molecule has 3 N–H and O–H groups in total. The molecule has 3 aromatic heterocycles. The zero-order valence-electron chi connectivity index (χ0n) is 21.0. The highest BCUT2D eigenvalue weighted by molar-refractivity contribution is 6.42. The smallest absolute Gasteiger partial charge is 0.408 e. The molecular weight excluding hydrogens is 462 g/mol. The van der Waals surface area contributed by atoms with Gasteiger partial charge in [0, 0.05) is 30.2 Å². The number of ketones is 1. The second kappa shape index (κ2) is 11.6. The van der Waals surface area contributed by atoms with E-state index < -0.39 is 35.3 Å². The Balaban J connectivity index is 1.92. The quantitative estimate of drug-likeness (QED) is 0.343. The van der Waals surface area contributed by atoms with E-state index in [2.05, 4.69) is 25.6 Å². The van der Waals surface area contributed by atoms with E-state index in [1.54, 1.807) is 23.3 Å². The first-order valence-corrected chi connectivity index (χ1v) is 11.9. The van der Waals surface area contributed by atoms with E-state index >= 15 is 0 Å². The van der Waals surface area contributed by atoms with E-state index in [0.29, 0.717) is 12.1 Å². The van der Waals surface area contributed by atoms with Gasteiger partial charge in [0.2, 0.25) is 5.78 Å². The van der Waals surface area contributed by atoms with Crippen LogP contribution in [-0.4, -0.2) is 64.8 Å². The van der Waals surface area contributed by atoms with Crippen LogP contribution in [0.1, 0.15) is 47.0 Å². The number of hydrogen-bond donors (Lipinski definition) is 3. The molecule has 0 aliphatic heterocycles. The number of carbonyl (C=O) groups excluding carboxylic acids is 2. The van der Waals surface area contributed by atoms with E-state index in [9.17, 15) is 19.5 Å². The van der Waals surface area contributed by atoms with Crippen LogP contribution in [0.3, 0.4) is 0 Å². The summed E-state index contributed by atoms with van der Waals surface area (Å²) in [7, 11) is 0. The first-order chi connectivity index (χ1) is 17.1. The molecule has 2 atom stereocenters. The highest BCUT2D eigenvalue weighted by Gasteiger charge is 2.42. The van der Waals surface area contributed by atoms with Gasteiger partial charge < -0.3 is 10.4 Å². The Bertz CT molecular complexity index is 1150. The molecular formula is C25H33N7O4. The van der Waals surface area contributed by atoms with Crippen molar-refractivity contribution in [2.45, 2.75) is 65.6 Å². The van der Waals surface area contributed by atoms with Gasteiger partial charge >= 0.3 is 6.09 Å². The third-order valence-electron chi connectivity index (χ3n) is 5.96.